The molecule has 1 aromatic heterocycles. The first kappa shape index (κ1) is 13.3. The van der Waals surface area contributed by atoms with Gasteiger partial charge in [0.2, 0.25) is 0 Å². The van der Waals surface area contributed by atoms with Crippen LogP contribution >= 0.6 is 11.6 Å². The fourth-order valence-corrected chi connectivity index (χ4v) is 2.49. The maximum absolute atomic E-state index is 14.0. The molecular weight excluding hydrogens is 287 g/mol. The third kappa shape index (κ3) is 2.14. The predicted molar refractivity (Wildman–Crippen MR) is 70.6 cm³/mol. The minimum absolute atomic E-state index is 0.0471. The summed E-state index contributed by atoms with van der Waals surface area (Å²) in [6, 6.07) is 2.39. The lowest BCUT2D eigenvalue weighted by Crippen LogP contribution is -2.31. The van der Waals surface area contributed by atoms with Crippen molar-refractivity contribution in [1.29, 1.82) is 0 Å². The molecule has 106 valence electrons. The Hall–Kier alpha value is -1.66. The lowest BCUT2D eigenvalue weighted by atomic mass is 10.1. The highest BCUT2D eigenvalue weighted by atomic mass is 35.5. The molecule has 2 heterocycles. The molecule has 20 heavy (non-hydrogen) atoms. The van der Waals surface area contributed by atoms with E-state index < -0.39 is 11.8 Å². The number of fused-ring (bicyclic) bond motifs is 1. The van der Waals surface area contributed by atoms with Gasteiger partial charge in [-0.2, -0.15) is 0 Å². The van der Waals surface area contributed by atoms with Gasteiger partial charge < -0.3 is 14.4 Å². The monoisotopic (exact) mass is 298 g/mol. The Morgan fingerprint density at radius 3 is 2.90 bits per heavy atom. The van der Waals surface area contributed by atoms with Crippen molar-refractivity contribution in [2.45, 2.75) is 24.9 Å². The number of aromatic nitrogens is 2. The number of hydrogen-bond acceptors (Lipinski definition) is 3. The summed E-state index contributed by atoms with van der Waals surface area (Å²) in [7, 11) is 0. The van der Waals surface area contributed by atoms with Gasteiger partial charge in [-0.25, -0.2) is 14.2 Å². The van der Waals surface area contributed by atoms with Gasteiger partial charge in [-0.15, -0.1) is 11.6 Å². The molecule has 0 amide bonds. The van der Waals surface area contributed by atoms with Crippen LogP contribution in [0.1, 0.15) is 22.6 Å². The van der Waals surface area contributed by atoms with Crippen molar-refractivity contribution in [2.75, 3.05) is 6.61 Å². The molecule has 3 rings (SSSR count). The van der Waals surface area contributed by atoms with Crippen LogP contribution in [-0.4, -0.2) is 33.3 Å². The maximum atomic E-state index is 14.0. The van der Waals surface area contributed by atoms with Crippen LogP contribution in [0.15, 0.2) is 12.1 Å². The fraction of sp³-hybridized carbons (Fsp3) is 0.385. The van der Waals surface area contributed by atoms with Crippen LogP contribution in [0.3, 0.4) is 0 Å². The van der Waals surface area contributed by atoms with Gasteiger partial charge in [-0.3, -0.25) is 0 Å². The number of carbonyl (C=O) groups is 1. The zero-order chi connectivity index (χ0) is 14.3. The summed E-state index contributed by atoms with van der Waals surface area (Å²) in [6.07, 6.45) is 0.966. The largest absolute Gasteiger partial charge is 0.478 e. The van der Waals surface area contributed by atoms with E-state index >= 15 is 0 Å². The van der Waals surface area contributed by atoms with Crippen molar-refractivity contribution in [3.8, 4) is 0 Å². The quantitative estimate of drug-likeness (QED) is 0.880. The summed E-state index contributed by atoms with van der Waals surface area (Å²) in [5.41, 5.74) is 0.477. The summed E-state index contributed by atoms with van der Waals surface area (Å²) in [4.78, 5) is 15.2. The van der Waals surface area contributed by atoms with Crippen molar-refractivity contribution < 1.29 is 19.0 Å². The number of alkyl halides is 1. The third-order valence-electron chi connectivity index (χ3n) is 3.43. The first-order valence-corrected chi connectivity index (χ1v) is 6.73. The number of carboxylic acid groups (broad SMARTS) is 1. The molecule has 1 N–H and O–H groups in total. The Balaban J connectivity index is 2.15. The lowest BCUT2D eigenvalue weighted by Gasteiger charge is -2.27. The van der Waals surface area contributed by atoms with Gasteiger partial charge in [0.05, 0.1) is 29.6 Å². The van der Waals surface area contributed by atoms with E-state index in [-0.39, 0.29) is 23.1 Å². The molecule has 1 fully saturated rings. The van der Waals surface area contributed by atoms with E-state index in [2.05, 4.69) is 4.98 Å². The topological polar surface area (TPSA) is 64.3 Å². The average Bonchev–Trinajstić information content (AvgIpc) is 2.72. The van der Waals surface area contributed by atoms with E-state index in [1.165, 1.54) is 6.07 Å². The Labute approximate surface area is 118 Å². The Morgan fingerprint density at radius 2 is 2.35 bits per heavy atom. The van der Waals surface area contributed by atoms with Crippen molar-refractivity contribution in [3.05, 3.63) is 29.3 Å². The molecule has 1 aromatic carbocycles. The fourth-order valence-electron chi connectivity index (χ4n) is 2.29. The molecule has 0 spiro atoms. The van der Waals surface area contributed by atoms with Gasteiger partial charge in [0.25, 0.3) is 0 Å². The minimum atomic E-state index is -1.18. The van der Waals surface area contributed by atoms with Gasteiger partial charge in [0, 0.05) is 6.61 Å². The Morgan fingerprint density at radius 1 is 1.60 bits per heavy atom. The third-order valence-corrected chi connectivity index (χ3v) is 3.67. The standard InChI is InChI=1S/C13H12ClFN2O3/c14-5-11-16-12-9(15)3-7(13(18)19)4-10(12)17(11)6-8-1-2-20-8/h3-4,8H,1-2,5-6H2,(H,18,19). The SMILES string of the molecule is O=C(O)c1cc(F)c2nc(CCl)n(CC3CCO3)c2c1. The zero-order valence-corrected chi connectivity index (χ0v) is 11.2. The van der Waals surface area contributed by atoms with E-state index in [0.717, 1.165) is 12.5 Å². The number of rotatable bonds is 4. The molecule has 0 radical (unpaired) electrons. The number of nitrogens with zero attached hydrogens (tertiary/aromatic N) is 2. The summed E-state index contributed by atoms with van der Waals surface area (Å²) >= 11 is 5.84. The number of halogens is 2. The smallest absolute Gasteiger partial charge is 0.335 e. The lowest BCUT2D eigenvalue weighted by molar-refractivity contribution is -0.0589. The Bertz CT molecular complexity index is 682. The highest BCUT2D eigenvalue weighted by Crippen LogP contribution is 2.25. The molecule has 7 heteroatoms. The second kappa shape index (κ2) is 5.03. The predicted octanol–water partition coefficient (Wildman–Crippen LogP) is 2.40. The normalized spacial score (nSPS) is 18.2. The summed E-state index contributed by atoms with van der Waals surface area (Å²) < 4.78 is 21.1. The van der Waals surface area contributed by atoms with Crippen LogP contribution in [0.25, 0.3) is 11.0 Å². The summed E-state index contributed by atoms with van der Waals surface area (Å²) in [6.45, 7) is 1.21. The van der Waals surface area contributed by atoms with Crippen LogP contribution in [0.4, 0.5) is 4.39 Å². The number of ether oxygens (including phenoxy) is 1. The van der Waals surface area contributed by atoms with Crippen LogP contribution in [0.2, 0.25) is 0 Å². The number of hydrogen-bond donors (Lipinski definition) is 1. The first-order valence-electron chi connectivity index (χ1n) is 6.19. The molecule has 0 aliphatic carbocycles. The van der Waals surface area contributed by atoms with Gasteiger partial charge in [-0.05, 0) is 18.6 Å². The molecule has 1 saturated heterocycles. The van der Waals surface area contributed by atoms with E-state index in [1.54, 1.807) is 4.57 Å². The second-order valence-corrected chi connectivity index (χ2v) is 4.95. The highest BCUT2D eigenvalue weighted by Gasteiger charge is 2.23. The summed E-state index contributed by atoms with van der Waals surface area (Å²) in [5.74, 6) is -1.19. The first-order chi connectivity index (χ1) is 9.60. The number of benzene rings is 1. The van der Waals surface area contributed by atoms with Gasteiger partial charge in [0.1, 0.15) is 11.3 Å². The molecule has 1 aliphatic rings. The van der Waals surface area contributed by atoms with Crippen LogP contribution in [0, 0.1) is 5.82 Å². The average molecular weight is 299 g/mol. The van der Waals surface area contributed by atoms with Gasteiger partial charge >= 0.3 is 5.97 Å². The van der Waals surface area contributed by atoms with Crippen molar-refractivity contribution in [1.82, 2.24) is 9.55 Å². The van der Waals surface area contributed by atoms with Gasteiger partial charge in [-0.1, -0.05) is 0 Å². The van der Waals surface area contributed by atoms with Crippen LogP contribution in [-0.2, 0) is 17.2 Å². The molecular formula is C13H12ClFN2O3. The Kier molecular flexibility index (Phi) is 3.35. The van der Waals surface area contributed by atoms with Crippen LogP contribution in [0.5, 0.6) is 0 Å². The highest BCUT2D eigenvalue weighted by molar-refractivity contribution is 6.16. The molecule has 0 saturated carbocycles. The molecule has 1 atom stereocenters. The molecule has 1 unspecified atom stereocenters. The van der Waals surface area contributed by atoms with Crippen molar-refractivity contribution >= 4 is 28.6 Å². The summed E-state index contributed by atoms with van der Waals surface area (Å²) in [5, 5.41) is 9.02. The number of carboxylic acids is 1. The molecule has 2 aromatic rings. The maximum Gasteiger partial charge on any atom is 0.335 e. The second-order valence-electron chi connectivity index (χ2n) is 4.68. The van der Waals surface area contributed by atoms with Crippen molar-refractivity contribution in [3.63, 3.8) is 0 Å². The van der Waals surface area contributed by atoms with E-state index in [4.69, 9.17) is 21.4 Å². The number of imidazole rings is 1. The van der Waals surface area contributed by atoms with Crippen molar-refractivity contribution in [2.24, 2.45) is 0 Å². The molecule has 5 nitrogen and oxygen atoms in total. The van der Waals surface area contributed by atoms with Gasteiger partial charge in [0.15, 0.2) is 5.82 Å². The van der Waals surface area contributed by atoms with E-state index in [0.29, 0.717) is 24.5 Å². The minimum Gasteiger partial charge on any atom is -0.478 e. The van der Waals surface area contributed by atoms with Crippen LogP contribution < -0.4 is 0 Å². The molecule has 0 bridgehead atoms. The van der Waals surface area contributed by atoms with E-state index in [1.807, 2.05) is 0 Å². The van der Waals surface area contributed by atoms with E-state index in [9.17, 15) is 9.18 Å². The zero-order valence-electron chi connectivity index (χ0n) is 10.5. The number of aromatic carboxylic acids is 1. The molecule has 1 aliphatic heterocycles.